The molecule has 57 heavy (non-hydrogen) atoms. The van der Waals surface area contributed by atoms with Crippen LogP contribution in [-0.2, 0) is 38.3 Å². The van der Waals surface area contributed by atoms with Crippen LogP contribution in [0.4, 0.5) is 0 Å². The van der Waals surface area contributed by atoms with Gasteiger partial charge in [0.1, 0.15) is 54.4 Å². The maximum atomic E-state index is 12.9. The van der Waals surface area contributed by atoms with Crippen LogP contribution >= 0.6 is 0 Å². The van der Waals surface area contributed by atoms with Crippen molar-refractivity contribution in [2.45, 2.75) is 171 Å². The van der Waals surface area contributed by atoms with E-state index in [4.69, 9.17) is 27.9 Å². The quantitative estimate of drug-likeness (QED) is 0.0979. The van der Waals surface area contributed by atoms with E-state index in [-0.39, 0.29) is 43.6 Å². The number of rotatable bonds is 13. The van der Waals surface area contributed by atoms with Gasteiger partial charge in [-0.15, -0.1) is 0 Å². The fourth-order valence-corrected chi connectivity index (χ4v) is 13.0. The molecule has 18 nitrogen and oxygen atoms in total. The highest BCUT2D eigenvalue weighted by molar-refractivity contribution is 7.80. The molecule has 6 rings (SSSR count). The summed E-state index contributed by atoms with van der Waals surface area (Å²) in [6.07, 6.45) is -14.9. The molecule has 0 aromatic carbocycles. The van der Waals surface area contributed by atoms with Gasteiger partial charge in [-0.05, 0) is 79.4 Å². The summed E-state index contributed by atoms with van der Waals surface area (Å²) < 4.78 is 68.2. The molecule has 19 heteroatoms. The smallest absolute Gasteiger partial charge is 0.394 e. The van der Waals surface area contributed by atoms with Crippen molar-refractivity contribution in [3.8, 4) is 0 Å². The van der Waals surface area contributed by atoms with Crippen LogP contribution in [0.2, 0.25) is 0 Å². The van der Waals surface area contributed by atoms with Gasteiger partial charge in [0.25, 0.3) is 0 Å². The summed E-state index contributed by atoms with van der Waals surface area (Å²) in [6.45, 7) is 8.98. The van der Waals surface area contributed by atoms with Crippen LogP contribution in [0.25, 0.3) is 0 Å². The second-order valence-corrected chi connectivity index (χ2v) is 19.7. The molecular weight excluding hydrogens is 776 g/mol. The molecule has 0 spiro atoms. The van der Waals surface area contributed by atoms with E-state index in [0.29, 0.717) is 25.7 Å². The largest absolute Gasteiger partial charge is 0.397 e. The zero-order valence-corrected chi connectivity index (χ0v) is 34.4. The van der Waals surface area contributed by atoms with Crippen LogP contribution in [0.3, 0.4) is 0 Å². The first-order chi connectivity index (χ1) is 26.5. The second-order valence-electron chi connectivity index (χ2n) is 18.7. The van der Waals surface area contributed by atoms with Crippen LogP contribution in [-0.4, -0.2) is 171 Å². The van der Waals surface area contributed by atoms with Gasteiger partial charge in [0.15, 0.2) is 12.6 Å². The Morgan fingerprint density at radius 3 is 2.11 bits per heavy atom. The van der Waals surface area contributed by atoms with Crippen molar-refractivity contribution in [1.82, 2.24) is 0 Å². The van der Waals surface area contributed by atoms with Crippen molar-refractivity contribution in [2.75, 3.05) is 20.3 Å². The van der Waals surface area contributed by atoms with Gasteiger partial charge in [0.2, 0.25) is 0 Å². The van der Waals surface area contributed by atoms with Crippen LogP contribution < -0.4 is 0 Å². The summed E-state index contributed by atoms with van der Waals surface area (Å²) in [5.41, 5.74) is -3.86. The molecule has 10 N–H and O–H groups in total. The van der Waals surface area contributed by atoms with Gasteiger partial charge in [0.05, 0.1) is 37.6 Å². The molecule has 0 aromatic heterocycles. The van der Waals surface area contributed by atoms with E-state index in [9.17, 15) is 58.9 Å². The molecule has 2 saturated heterocycles. The minimum atomic E-state index is -5.19. The van der Waals surface area contributed by atoms with Crippen LogP contribution in [0, 0.1) is 46.3 Å². The van der Waals surface area contributed by atoms with E-state index >= 15 is 0 Å². The summed E-state index contributed by atoms with van der Waals surface area (Å²) in [4.78, 5) is 0. The topological polar surface area (TPSA) is 292 Å². The Hall–Kier alpha value is -0.690. The fourth-order valence-electron chi connectivity index (χ4n) is 12.5. The van der Waals surface area contributed by atoms with Gasteiger partial charge in [-0.25, -0.2) is 4.18 Å². The molecule has 4 saturated carbocycles. The molecule has 11 unspecified atom stereocenters. The number of hydrogen-bond acceptors (Lipinski definition) is 17. The SMILES string of the molecule is COC1C(O)[C@H](OC2C(O)[C@H](CO)O[C@H]2O[C@@H](CC[C@@H](C)C2CC(O)C3C4(O)C(CC[C@]23C)[C@@]2(C)CC[C@H](O)C(O)C2[C@@H](OS(=O)(=O)O)[C@H]4O)C(C)C)OC[C@H]1O. The highest BCUT2D eigenvalue weighted by atomic mass is 32.3. The second kappa shape index (κ2) is 16.9. The third kappa shape index (κ3) is 7.98. The first-order valence-corrected chi connectivity index (χ1v) is 21.8. The highest BCUT2D eigenvalue weighted by Gasteiger charge is 2.75. The molecule has 0 radical (unpaired) electrons. The van der Waals surface area contributed by atoms with Crippen molar-refractivity contribution in [3.05, 3.63) is 0 Å². The monoisotopic (exact) mass is 842 g/mol. The van der Waals surface area contributed by atoms with Crippen LogP contribution in [0.5, 0.6) is 0 Å². The van der Waals surface area contributed by atoms with Gasteiger partial charge in [-0.2, -0.15) is 8.42 Å². The molecule has 2 aliphatic heterocycles. The number of fused-ring (bicyclic) bond motifs is 5. The molecule has 2 heterocycles. The number of aliphatic hydroxyl groups excluding tert-OH is 8. The van der Waals surface area contributed by atoms with Crippen LogP contribution in [0.1, 0.15) is 79.6 Å². The van der Waals surface area contributed by atoms with E-state index in [2.05, 4.69) is 0 Å². The number of ether oxygens (including phenoxy) is 5. The molecule has 4 aliphatic carbocycles. The minimum Gasteiger partial charge on any atom is -0.394 e. The molecular formula is C38H66O18S. The molecule has 332 valence electrons. The van der Waals surface area contributed by atoms with Crippen LogP contribution in [0.15, 0.2) is 0 Å². The molecule has 6 aliphatic rings. The maximum Gasteiger partial charge on any atom is 0.397 e. The average Bonchev–Trinajstić information content (AvgIpc) is 3.58. The number of hydrogen-bond donors (Lipinski definition) is 10. The Morgan fingerprint density at radius 1 is 0.825 bits per heavy atom. The van der Waals surface area contributed by atoms with Crippen molar-refractivity contribution in [3.63, 3.8) is 0 Å². The average molecular weight is 843 g/mol. The summed E-state index contributed by atoms with van der Waals surface area (Å²) in [5, 5.41) is 100. The van der Waals surface area contributed by atoms with E-state index in [1.807, 2.05) is 27.7 Å². The lowest BCUT2D eigenvalue weighted by molar-refractivity contribution is -0.318. The van der Waals surface area contributed by atoms with Crippen molar-refractivity contribution in [2.24, 2.45) is 46.3 Å². The molecule has 22 atom stereocenters. The Labute approximate surface area is 334 Å². The third-order valence-electron chi connectivity index (χ3n) is 15.2. The highest BCUT2D eigenvalue weighted by Crippen LogP contribution is 2.70. The van der Waals surface area contributed by atoms with Gasteiger partial charge < -0.3 is 69.6 Å². The normalized spacial score (nSPS) is 51.3. The Bertz CT molecular complexity index is 1490. The summed E-state index contributed by atoms with van der Waals surface area (Å²) >= 11 is 0. The van der Waals surface area contributed by atoms with Gasteiger partial charge in [-0.3, -0.25) is 4.55 Å². The number of methoxy groups -OCH3 is 1. The molecule has 6 fully saturated rings. The van der Waals surface area contributed by atoms with E-state index < -0.39 is 137 Å². The molecule has 0 amide bonds. The van der Waals surface area contributed by atoms with E-state index in [0.717, 1.165) is 0 Å². The first kappa shape index (κ1) is 45.8. The first-order valence-electron chi connectivity index (χ1n) is 20.4. The number of aliphatic hydroxyl groups is 9. The van der Waals surface area contributed by atoms with E-state index in [1.165, 1.54) is 7.11 Å². The van der Waals surface area contributed by atoms with Crippen molar-refractivity contribution in [1.29, 1.82) is 0 Å². The summed E-state index contributed by atoms with van der Waals surface area (Å²) in [6, 6.07) is 0. The van der Waals surface area contributed by atoms with Gasteiger partial charge >= 0.3 is 10.4 Å². The Kier molecular flexibility index (Phi) is 13.6. The van der Waals surface area contributed by atoms with Crippen molar-refractivity contribution < 1.29 is 86.8 Å². The van der Waals surface area contributed by atoms with E-state index in [1.54, 1.807) is 6.92 Å². The predicted molar refractivity (Wildman–Crippen MR) is 196 cm³/mol. The zero-order valence-electron chi connectivity index (χ0n) is 33.6. The minimum absolute atomic E-state index is 0.0693. The Morgan fingerprint density at radius 2 is 1.49 bits per heavy atom. The lowest BCUT2D eigenvalue weighted by atomic mass is 9.40. The Balaban J connectivity index is 1.19. The summed E-state index contributed by atoms with van der Waals surface area (Å²) in [7, 11) is -3.86. The maximum absolute atomic E-state index is 12.9. The standard InChI is InChI=1S/C38H66O18S/c1-16(2)22(53-35-31(27(44)23(14-39)54-35)55-34-28(45)29(51-6)21(42)15-52-34)8-7-17(3)18-13-20(41)32-36(18,4)12-10-24-37(5)11-9-19(40)26(43)25(37)30(56-57(48,49)50)33(46)38(24,32)47/h16-35,39-47H,7-15H2,1-6H3,(H,48,49,50)/t17-,18?,19+,20?,21-,22+,23+,24?,25?,26?,27?,28?,29?,30-,31?,32?,33-,34+,35-,36-,37-,38?/m1/s1. The fraction of sp³-hybridized carbons (Fsp3) is 1.00. The zero-order chi connectivity index (χ0) is 42.2. The van der Waals surface area contributed by atoms with Gasteiger partial charge in [-0.1, -0.05) is 34.6 Å². The molecule has 0 aromatic rings. The predicted octanol–water partition coefficient (Wildman–Crippen LogP) is -1.15. The van der Waals surface area contributed by atoms with Gasteiger partial charge in [0, 0.05) is 18.9 Å². The lowest BCUT2D eigenvalue weighted by Crippen LogP contribution is -2.77. The summed E-state index contributed by atoms with van der Waals surface area (Å²) in [5.74, 6) is -3.11. The lowest BCUT2D eigenvalue weighted by Gasteiger charge is -2.68. The third-order valence-corrected chi connectivity index (χ3v) is 15.7. The van der Waals surface area contributed by atoms with Crippen molar-refractivity contribution >= 4 is 10.4 Å². The molecule has 0 bridgehead atoms.